The van der Waals surface area contributed by atoms with Crippen LogP contribution in [-0.2, 0) is 27.4 Å². The van der Waals surface area contributed by atoms with E-state index in [0.717, 1.165) is 0 Å². The van der Waals surface area contributed by atoms with Gasteiger partial charge in [-0.2, -0.15) is 0 Å². The average Bonchev–Trinajstić information content (AvgIpc) is 2.52. The number of hydrogen-bond donors (Lipinski definition) is 3. The van der Waals surface area contributed by atoms with E-state index in [-0.39, 0.29) is 12.8 Å². The minimum Gasteiger partial charge on any atom is -0.481 e. The first-order valence-electron chi connectivity index (χ1n) is 8.10. The Morgan fingerprint density at radius 1 is 1.08 bits per heavy atom. The van der Waals surface area contributed by atoms with Crippen LogP contribution in [0.3, 0.4) is 0 Å². The van der Waals surface area contributed by atoms with Crippen LogP contribution in [0.2, 0.25) is 0 Å². The molecule has 144 valence electrons. The SMILES string of the molecule is CC(C)(C)OC(=O)N[C@H](CC(Cc1ccc(CF)cc1)C(=O)O)C(=O)O. The van der Waals surface area contributed by atoms with Crippen molar-refractivity contribution in [2.45, 2.75) is 51.9 Å². The van der Waals surface area contributed by atoms with Gasteiger partial charge in [0.1, 0.15) is 18.3 Å². The molecule has 8 heteroatoms. The Balaban J connectivity index is 2.81. The predicted molar refractivity (Wildman–Crippen MR) is 91.5 cm³/mol. The van der Waals surface area contributed by atoms with E-state index < -0.39 is 42.3 Å². The van der Waals surface area contributed by atoms with Crippen LogP contribution >= 0.6 is 0 Å². The number of nitrogens with one attached hydrogen (secondary N) is 1. The molecule has 1 amide bonds. The van der Waals surface area contributed by atoms with E-state index in [2.05, 4.69) is 5.32 Å². The second kappa shape index (κ2) is 9.17. The molecular weight excluding hydrogens is 345 g/mol. The van der Waals surface area contributed by atoms with Gasteiger partial charge < -0.3 is 20.3 Å². The number of carboxylic acids is 2. The van der Waals surface area contributed by atoms with Gasteiger partial charge in [0.15, 0.2) is 0 Å². The van der Waals surface area contributed by atoms with Crippen molar-refractivity contribution in [2.24, 2.45) is 5.92 Å². The van der Waals surface area contributed by atoms with E-state index in [1.807, 2.05) is 0 Å². The molecule has 0 bridgehead atoms. The maximum absolute atomic E-state index is 12.5. The number of carbonyl (C=O) groups is 3. The molecule has 1 aromatic carbocycles. The molecule has 0 fully saturated rings. The third kappa shape index (κ3) is 7.50. The van der Waals surface area contributed by atoms with Crippen molar-refractivity contribution in [3.63, 3.8) is 0 Å². The Morgan fingerprint density at radius 3 is 2.04 bits per heavy atom. The van der Waals surface area contributed by atoms with E-state index in [1.165, 1.54) is 0 Å². The first-order chi connectivity index (χ1) is 12.0. The number of ether oxygens (including phenoxy) is 1. The Bertz CT molecular complexity index is 638. The van der Waals surface area contributed by atoms with Gasteiger partial charge in [0.25, 0.3) is 0 Å². The lowest BCUT2D eigenvalue weighted by Crippen LogP contribution is -2.45. The van der Waals surface area contributed by atoms with Crippen molar-refractivity contribution in [2.75, 3.05) is 0 Å². The summed E-state index contributed by atoms with van der Waals surface area (Å²) in [6.07, 6.45) is -1.18. The highest BCUT2D eigenvalue weighted by atomic mass is 19.1. The number of rotatable bonds is 8. The number of alkyl carbamates (subject to hydrolysis) is 1. The van der Waals surface area contributed by atoms with Gasteiger partial charge in [-0.15, -0.1) is 0 Å². The van der Waals surface area contributed by atoms with Gasteiger partial charge in [-0.25, -0.2) is 14.0 Å². The van der Waals surface area contributed by atoms with Crippen molar-refractivity contribution >= 4 is 18.0 Å². The van der Waals surface area contributed by atoms with Gasteiger partial charge in [-0.05, 0) is 44.7 Å². The average molecular weight is 369 g/mol. The summed E-state index contributed by atoms with van der Waals surface area (Å²) in [4.78, 5) is 34.7. The summed E-state index contributed by atoms with van der Waals surface area (Å²) < 4.78 is 17.5. The molecule has 0 radical (unpaired) electrons. The molecule has 1 unspecified atom stereocenters. The predicted octanol–water partition coefficient (Wildman–Crippen LogP) is 2.77. The minimum atomic E-state index is -1.41. The quantitative estimate of drug-likeness (QED) is 0.649. The smallest absolute Gasteiger partial charge is 0.408 e. The van der Waals surface area contributed by atoms with Gasteiger partial charge in [0, 0.05) is 0 Å². The normalized spacial score (nSPS) is 13.5. The zero-order chi connectivity index (χ0) is 19.9. The topological polar surface area (TPSA) is 113 Å². The standard InChI is InChI=1S/C18H24FNO6/c1-18(2,3)26-17(25)20-14(16(23)24)9-13(15(21)22)8-11-4-6-12(10-19)7-5-11/h4-7,13-14H,8-10H2,1-3H3,(H,20,25)(H,21,22)(H,23,24)/t13?,14-/m1/s1. The van der Waals surface area contributed by atoms with Gasteiger partial charge in [0.05, 0.1) is 5.92 Å². The summed E-state index contributed by atoms with van der Waals surface area (Å²) in [6.45, 7) is 4.26. The molecular formula is C18H24FNO6. The second-order valence-electron chi connectivity index (χ2n) is 6.96. The van der Waals surface area contributed by atoms with E-state index in [0.29, 0.717) is 11.1 Å². The van der Waals surface area contributed by atoms with Crippen molar-refractivity contribution in [1.29, 1.82) is 0 Å². The summed E-state index contributed by atoms with van der Waals surface area (Å²) in [5.41, 5.74) is 0.295. The summed E-state index contributed by atoms with van der Waals surface area (Å²) in [7, 11) is 0. The van der Waals surface area contributed by atoms with Crippen LogP contribution in [0.4, 0.5) is 9.18 Å². The third-order valence-corrected chi connectivity index (χ3v) is 3.52. The lowest BCUT2D eigenvalue weighted by molar-refractivity contribution is -0.144. The molecule has 0 aromatic heterocycles. The molecule has 26 heavy (non-hydrogen) atoms. The lowest BCUT2D eigenvalue weighted by atomic mass is 9.92. The van der Waals surface area contributed by atoms with Crippen molar-refractivity contribution in [3.05, 3.63) is 35.4 Å². The maximum atomic E-state index is 12.5. The largest absolute Gasteiger partial charge is 0.481 e. The van der Waals surface area contributed by atoms with Crippen LogP contribution in [-0.4, -0.2) is 39.9 Å². The number of carboxylic acid groups (broad SMARTS) is 2. The number of benzene rings is 1. The Labute approximate surface area is 151 Å². The first kappa shape index (κ1) is 21.4. The number of aliphatic carboxylic acids is 2. The van der Waals surface area contributed by atoms with Gasteiger partial charge in [-0.1, -0.05) is 24.3 Å². The Hall–Kier alpha value is -2.64. The summed E-state index contributed by atoms with van der Waals surface area (Å²) in [5.74, 6) is -3.58. The first-order valence-corrected chi connectivity index (χ1v) is 8.10. The van der Waals surface area contributed by atoms with E-state index >= 15 is 0 Å². The lowest BCUT2D eigenvalue weighted by Gasteiger charge is -2.23. The van der Waals surface area contributed by atoms with Crippen LogP contribution in [0.1, 0.15) is 38.3 Å². The van der Waals surface area contributed by atoms with Gasteiger partial charge in [-0.3, -0.25) is 4.79 Å². The fraction of sp³-hybridized carbons (Fsp3) is 0.500. The monoisotopic (exact) mass is 369 g/mol. The molecule has 0 heterocycles. The number of hydrogen-bond acceptors (Lipinski definition) is 4. The van der Waals surface area contributed by atoms with Crippen molar-refractivity contribution < 1.29 is 33.7 Å². The fourth-order valence-electron chi connectivity index (χ4n) is 2.28. The molecule has 0 saturated carbocycles. The van der Waals surface area contributed by atoms with Crippen molar-refractivity contribution in [3.8, 4) is 0 Å². The number of carbonyl (C=O) groups excluding carboxylic acids is 1. The van der Waals surface area contributed by atoms with Crippen LogP contribution in [0.15, 0.2) is 24.3 Å². The van der Waals surface area contributed by atoms with Gasteiger partial charge in [0.2, 0.25) is 0 Å². The number of amides is 1. The minimum absolute atomic E-state index is 0.0572. The van der Waals surface area contributed by atoms with Crippen LogP contribution in [0.25, 0.3) is 0 Å². The van der Waals surface area contributed by atoms with E-state index in [4.69, 9.17) is 4.74 Å². The van der Waals surface area contributed by atoms with Crippen LogP contribution < -0.4 is 5.32 Å². The third-order valence-electron chi connectivity index (χ3n) is 3.52. The molecule has 0 saturated heterocycles. The van der Waals surface area contributed by atoms with E-state index in [9.17, 15) is 29.0 Å². The molecule has 1 aromatic rings. The summed E-state index contributed by atoms with van der Waals surface area (Å²) in [5, 5.41) is 20.9. The molecule has 0 aliphatic rings. The van der Waals surface area contributed by atoms with Crippen molar-refractivity contribution in [1.82, 2.24) is 5.32 Å². The van der Waals surface area contributed by atoms with Gasteiger partial charge >= 0.3 is 18.0 Å². The summed E-state index contributed by atoms with van der Waals surface area (Å²) in [6, 6.07) is 4.88. The highest BCUT2D eigenvalue weighted by Gasteiger charge is 2.30. The maximum Gasteiger partial charge on any atom is 0.408 e. The van der Waals surface area contributed by atoms with Crippen LogP contribution in [0.5, 0.6) is 0 Å². The molecule has 0 aliphatic heterocycles. The van der Waals surface area contributed by atoms with E-state index in [1.54, 1.807) is 45.0 Å². The zero-order valence-electron chi connectivity index (χ0n) is 15.0. The molecule has 0 aliphatic carbocycles. The molecule has 0 spiro atoms. The Kier molecular flexibility index (Phi) is 7.55. The summed E-state index contributed by atoms with van der Waals surface area (Å²) >= 11 is 0. The molecule has 1 rings (SSSR count). The highest BCUT2D eigenvalue weighted by molar-refractivity contribution is 5.81. The number of alkyl halides is 1. The molecule has 3 N–H and O–H groups in total. The van der Waals surface area contributed by atoms with Crippen LogP contribution in [0, 0.1) is 5.92 Å². The molecule has 2 atom stereocenters. The fourth-order valence-corrected chi connectivity index (χ4v) is 2.28. The second-order valence-corrected chi connectivity index (χ2v) is 6.96. The number of halogens is 1. The zero-order valence-corrected chi connectivity index (χ0v) is 15.0. The highest BCUT2D eigenvalue weighted by Crippen LogP contribution is 2.17. The molecule has 7 nitrogen and oxygen atoms in total. The Morgan fingerprint density at radius 2 is 1.62 bits per heavy atom.